The van der Waals surface area contributed by atoms with Gasteiger partial charge in [-0.05, 0) is 47.9 Å². The highest BCUT2D eigenvalue weighted by Crippen LogP contribution is 2.29. The van der Waals surface area contributed by atoms with E-state index in [1.807, 2.05) is 78.9 Å². The Kier molecular flexibility index (Phi) is 5.10. The lowest BCUT2D eigenvalue weighted by atomic mass is 9.99. The molecule has 4 aromatic carbocycles. The summed E-state index contributed by atoms with van der Waals surface area (Å²) in [6.07, 6.45) is 0. The molecule has 4 aromatic rings. The summed E-state index contributed by atoms with van der Waals surface area (Å²) in [6.45, 7) is 0. The van der Waals surface area contributed by atoms with Crippen LogP contribution in [0.3, 0.4) is 0 Å². The molecule has 0 atom stereocenters. The predicted octanol–water partition coefficient (Wildman–Crippen LogP) is 5.65. The van der Waals surface area contributed by atoms with Crippen molar-refractivity contribution >= 4 is 10.8 Å². The molecule has 0 fully saturated rings. The SMILES string of the molecule is COc1ccc2c(C#Cc3ccccc3)cccc2c1C#Cc1ccccc1. The Hall–Kier alpha value is -3.94. The van der Waals surface area contributed by atoms with Crippen molar-refractivity contribution < 1.29 is 4.74 Å². The van der Waals surface area contributed by atoms with Crippen LogP contribution < -0.4 is 4.74 Å². The summed E-state index contributed by atoms with van der Waals surface area (Å²) in [7, 11) is 1.67. The van der Waals surface area contributed by atoms with Gasteiger partial charge in [-0.2, -0.15) is 0 Å². The maximum Gasteiger partial charge on any atom is 0.135 e. The lowest BCUT2D eigenvalue weighted by Crippen LogP contribution is -1.91. The summed E-state index contributed by atoms with van der Waals surface area (Å²) in [5, 5.41) is 2.12. The number of benzene rings is 4. The zero-order chi connectivity index (χ0) is 19.2. The first-order valence-corrected chi connectivity index (χ1v) is 9.09. The first kappa shape index (κ1) is 17.5. The van der Waals surface area contributed by atoms with Gasteiger partial charge < -0.3 is 4.74 Å². The summed E-state index contributed by atoms with van der Waals surface area (Å²) in [5.74, 6) is 13.9. The molecule has 0 radical (unpaired) electrons. The van der Waals surface area contributed by atoms with Crippen molar-refractivity contribution in [2.45, 2.75) is 0 Å². The van der Waals surface area contributed by atoms with E-state index in [1.54, 1.807) is 7.11 Å². The van der Waals surface area contributed by atoms with Gasteiger partial charge in [-0.15, -0.1) is 0 Å². The predicted molar refractivity (Wildman–Crippen MR) is 115 cm³/mol. The van der Waals surface area contributed by atoms with Crippen molar-refractivity contribution in [3.63, 3.8) is 0 Å². The molecule has 1 nitrogen and oxygen atoms in total. The molecule has 0 saturated heterocycles. The van der Waals surface area contributed by atoms with Crippen molar-refractivity contribution in [1.82, 2.24) is 0 Å². The zero-order valence-electron chi connectivity index (χ0n) is 15.6. The van der Waals surface area contributed by atoms with Crippen LogP contribution in [-0.4, -0.2) is 7.11 Å². The van der Waals surface area contributed by atoms with Crippen molar-refractivity contribution in [3.8, 4) is 29.4 Å². The molecule has 0 unspecified atom stereocenters. The quantitative estimate of drug-likeness (QED) is 0.400. The molecule has 0 heterocycles. The van der Waals surface area contributed by atoms with E-state index in [4.69, 9.17) is 4.74 Å². The first-order valence-electron chi connectivity index (χ1n) is 9.09. The van der Waals surface area contributed by atoms with Crippen LogP contribution in [0.4, 0.5) is 0 Å². The molecular weight excluding hydrogens is 340 g/mol. The molecule has 0 spiro atoms. The molecule has 0 saturated carbocycles. The normalized spacial score (nSPS) is 9.75. The maximum absolute atomic E-state index is 5.57. The van der Waals surface area contributed by atoms with E-state index in [-0.39, 0.29) is 0 Å². The Morgan fingerprint density at radius 2 is 1.18 bits per heavy atom. The highest BCUT2D eigenvalue weighted by molar-refractivity contribution is 5.94. The number of hydrogen-bond acceptors (Lipinski definition) is 1. The van der Waals surface area contributed by atoms with Crippen LogP contribution in [0.15, 0.2) is 91.0 Å². The van der Waals surface area contributed by atoms with Gasteiger partial charge in [0.2, 0.25) is 0 Å². The van der Waals surface area contributed by atoms with Crippen LogP contribution >= 0.6 is 0 Å². The van der Waals surface area contributed by atoms with Crippen molar-refractivity contribution in [2.24, 2.45) is 0 Å². The average Bonchev–Trinajstić information content (AvgIpc) is 2.77. The van der Waals surface area contributed by atoms with Crippen molar-refractivity contribution in [1.29, 1.82) is 0 Å². The molecule has 4 rings (SSSR count). The minimum absolute atomic E-state index is 0.768. The van der Waals surface area contributed by atoms with E-state index in [0.29, 0.717) is 0 Å². The smallest absolute Gasteiger partial charge is 0.135 e. The molecule has 0 aliphatic carbocycles. The van der Waals surface area contributed by atoms with E-state index in [1.165, 1.54) is 0 Å². The van der Waals surface area contributed by atoms with Gasteiger partial charge in [0.05, 0.1) is 12.7 Å². The van der Waals surface area contributed by atoms with E-state index in [9.17, 15) is 0 Å². The van der Waals surface area contributed by atoms with Gasteiger partial charge in [0, 0.05) is 22.1 Å². The Morgan fingerprint density at radius 3 is 1.82 bits per heavy atom. The summed E-state index contributed by atoms with van der Waals surface area (Å²) < 4.78 is 5.57. The second-order valence-corrected chi connectivity index (χ2v) is 6.28. The molecule has 0 aliphatic heterocycles. The molecule has 0 bridgehead atoms. The van der Waals surface area contributed by atoms with Crippen LogP contribution in [0.2, 0.25) is 0 Å². The first-order chi connectivity index (χ1) is 13.8. The van der Waals surface area contributed by atoms with Gasteiger partial charge in [-0.1, -0.05) is 72.2 Å². The van der Waals surface area contributed by atoms with E-state index in [2.05, 4.69) is 35.8 Å². The topological polar surface area (TPSA) is 9.23 Å². The fourth-order valence-corrected chi connectivity index (χ4v) is 3.06. The highest BCUT2D eigenvalue weighted by atomic mass is 16.5. The van der Waals surface area contributed by atoms with Crippen LogP contribution in [0, 0.1) is 23.7 Å². The number of hydrogen-bond donors (Lipinski definition) is 0. The number of fused-ring (bicyclic) bond motifs is 1. The van der Waals surface area contributed by atoms with Crippen LogP contribution in [-0.2, 0) is 0 Å². The van der Waals surface area contributed by atoms with Gasteiger partial charge in [0.25, 0.3) is 0 Å². The largest absolute Gasteiger partial charge is 0.495 e. The third-order valence-corrected chi connectivity index (χ3v) is 4.46. The van der Waals surface area contributed by atoms with Crippen LogP contribution in [0.1, 0.15) is 22.3 Å². The molecule has 0 aliphatic rings. The average molecular weight is 358 g/mol. The van der Waals surface area contributed by atoms with E-state index >= 15 is 0 Å². The highest BCUT2D eigenvalue weighted by Gasteiger charge is 2.08. The van der Waals surface area contributed by atoms with Crippen LogP contribution in [0.5, 0.6) is 5.75 Å². The van der Waals surface area contributed by atoms with Crippen molar-refractivity contribution in [2.75, 3.05) is 7.11 Å². The molecule has 0 aromatic heterocycles. The molecule has 1 heteroatoms. The summed E-state index contributed by atoms with van der Waals surface area (Å²) in [6, 6.07) is 30.1. The lowest BCUT2D eigenvalue weighted by Gasteiger charge is -2.08. The molecular formula is C27H18O. The van der Waals surface area contributed by atoms with Gasteiger partial charge in [-0.3, -0.25) is 0 Å². The molecule has 132 valence electrons. The Bertz CT molecular complexity index is 1230. The van der Waals surface area contributed by atoms with Gasteiger partial charge in [0.15, 0.2) is 0 Å². The van der Waals surface area contributed by atoms with Crippen LogP contribution in [0.25, 0.3) is 10.8 Å². The number of ether oxygens (including phenoxy) is 1. The second-order valence-electron chi connectivity index (χ2n) is 6.28. The third kappa shape index (κ3) is 3.75. The summed E-state index contributed by atoms with van der Waals surface area (Å²) in [5.41, 5.74) is 3.83. The Balaban J connectivity index is 1.84. The summed E-state index contributed by atoms with van der Waals surface area (Å²) in [4.78, 5) is 0. The molecule has 0 amide bonds. The Labute approximate surface area is 165 Å². The van der Waals surface area contributed by atoms with Crippen molar-refractivity contribution in [3.05, 3.63) is 113 Å². The number of methoxy groups -OCH3 is 1. The van der Waals surface area contributed by atoms with E-state index < -0.39 is 0 Å². The maximum atomic E-state index is 5.57. The van der Waals surface area contributed by atoms with Gasteiger partial charge in [-0.25, -0.2) is 0 Å². The lowest BCUT2D eigenvalue weighted by molar-refractivity contribution is 0.414. The van der Waals surface area contributed by atoms with Gasteiger partial charge >= 0.3 is 0 Å². The third-order valence-electron chi connectivity index (χ3n) is 4.46. The minimum atomic E-state index is 0.768. The fraction of sp³-hybridized carbons (Fsp3) is 0.0370. The van der Waals surface area contributed by atoms with E-state index in [0.717, 1.165) is 38.8 Å². The van der Waals surface area contributed by atoms with Gasteiger partial charge in [0.1, 0.15) is 5.75 Å². The molecule has 0 N–H and O–H groups in total. The molecule has 28 heavy (non-hydrogen) atoms. The standard InChI is InChI=1S/C27H18O/c1-28-27-20-19-24-23(17-15-21-9-4-2-5-10-21)13-8-14-25(24)26(27)18-16-22-11-6-3-7-12-22/h2-14,19-20H,1H3. The summed E-state index contributed by atoms with van der Waals surface area (Å²) >= 11 is 0. The fourth-order valence-electron chi connectivity index (χ4n) is 3.06. The zero-order valence-corrected chi connectivity index (χ0v) is 15.6. The Morgan fingerprint density at radius 1 is 0.536 bits per heavy atom. The monoisotopic (exact) mass is 358 g/mol. The number of rotatable bonds is 1. The second kappa shape index (κ2) is 8.17. The minimum Gasteiger partial charge on any atom is -0.495 e.